The second-order valence-electron chi connectivity index (χ2n) is 9.50. The van der Waals surface area contributed by atoms with Crippen LogP contribution in [0.2, 0.25) is 0 Å². The maximum Gasteiger partial charge on any atom is 0.279 e. The number of amides is 2. The fourth-order valence-electron chi connectivity index (χ4n) is 4.35. The van der Waals surface area contributed by atoms with E-state index >= 15 is 0 Å². The normalized spacial score (nSPS) is 12.0. The Labute approximate surface area is 205 Å². The smallest absolute Gasteiger partial charge is 0.279 e. The van der Waals surface area contributed by atoms with Gasteiger partial charge in [-0.15, -0.1) is 0 Å². The second-order valence-corrected chi connectivity index (χ2v) is 9.50. The minimum absolute atomic E-state index is 0.0151. The van der Waals surface area contributed by atoms with Crippen molar-refractivity contribution in [1.29, 1.82) is 0 Å². The van der Waals surface area contributed by atoms with Gasteiger partial charge in [0.2, 0.25) is 5.91 Å². The molecule has 0 aliphatic rings. The number of unbranched alkanes of at least 4 members (excludes halogenated alkanes) is 1. The summed E-state index contributed by atoms with van der Waals surface area (Å²) in [5.74, 6) is 0.0856. The first-order valence-electron chi connectivity index (χ1n) is 12.5. The highest BCUT2D eigenvalue weighted by atomic mass is 16.2. The molecular formula is C28H43N4O2+. The molecule has 0 saturated heterocycles. The molecule has 1 unspecified atom stereocenters. The molecule has 0 radical (unpaired) electrons. The van der Waals surface area contributed by atoms with Crippen LogP contribution in [0.15, 0.2) is 36.4 Å². The van der Waals surface area contributed by atoms with E-state index in [4.69, 9.17) is 0 Å². The Hall–Kier alpha value is -2.70. The number of hydrogen-bond donors (Lipinski definition) is 3. The fourth-order valence-corrected chi connectivity index (χ4v) is 4.35. The van der Waals surface area contributed by atoms with Crippen LogP contribution in [0.25, 0.3) is 0 Å². The van der Waals surface area contributed by atoms with Crippen LogP contribution >= 0.6 is 0 Å². The summed E-state index contributed by atoms with van der Waals surface area (Å²) in [6, 6.07) is 12.1. The van der Waals surface area contributed by atoms with Crippen molar-refractivity contribution in [2.75, 3.05) is 50.4 Å². The van der Waals surface area contributed by atoms with Crippen LogP contribution in [0.4, 0.5) is 11.4 Å². The molecule has 34 heavy (non-hydrogen) atoms. The Morgan fingerprint density at radius 2 is 1.29 bits per heavy atom. The molecule has 1 atom stereocenters. The van der Waals surface area contributed by atoms with Gasteiger partial charge in [0.15, 0.2) is 6.54 Å². The van der Waals surface area contributed by atoms with Gasteiger partial charge in [-0.05, 0) is 82.8 Å². The average molecular weight is 468 g/mol. The summed E-state index contributed by atoms with van der Waals surface area (Å²) in [6.45, 7) is 13.9. The largest absolute Gasteiger partial charge is 0.327 e. The van der Waals surface area contributed by atoms with E-state index in [1.54, 1.807) is 0 Å². The summed E-state index contributed by atoms with van der Waals surface area (Å²) in [4.78, 5) is 28.5. The van der Waals surface area contributed by atoms with E-state index in [1.165, 1.54) is 4.90 Å². The lowest BCUT2D eigenvalue weighted by Gasteiger charge is -2.21. The van der Waals surface area contributed by atoms with Gasteiger partial charge >= 0.3 is 0 Å². The molecule has 6 heteroatoms. The molecule has 2 rings (SSSR count). The number of nitrogens with one attached hydrogen (secondary N) is 3. The van der Waals surface area contributed by atoms with Gasteiger partial charge in [-0.2, -0.15) is 0 Å². The van der Waals surface area contributed by atoms with Crippen LogP contribution in [0.3, 0.4) is 0 Å². The minimum Gasteiger partial charge on any atom is -0.327 e. The number of carbonyl (C=O) groups is 2. The van der Waals surface area contributed by atoms with Crippen LogP contribution < -0.4 is 15.5 Å². The zero-order valence-corrected chi connectivity index (χ0v) is 21.9. The van der Waals surface area contributed by atoms with Gasteiger partial charge in [-0.25, -0.2) is 0 Å². The summed E-state index contributed by atoms with van der Waals surface area (Å²) in [5.41, 5.74) is 6.20. The standard InChI is InChI=1S/C28H42N4O2/c1-7-16-32(20-26(34)30-28-23(4)14-11-15-24(28)5)18-9-8-17-31(6)19-25(33)29-27-21(2)12-10-13-22(27)3/h10-15H,7-9,16-20H2,1-6H3,(H,29,33)(H,30,34)/p+1. The lowest BCUT2D eigenvalue weighted by molar-refractivity contribution is -0.892. The van der Waals surface area contributed by atoms with Gasteiger partial charge in [0.05, 0.1) is 19.6 Å². The molecular weight excluding hydrogens is 424 g/mol. The highest BCUT2D eigenvalue weighted by molar-refractivity contribution is 5.94. The summed E-state index contributed by atoms with van der Waals surface area (Å²) < 4.78 is 0. The lowest BCUT2D eigenvalue weighted by atomic mass is 10.1. The van der Waals surface area contributed by atoms with Crippen LogP contribution in [0, 0.1) is 27.7 Å². The Morgan fingerprint density at radius 3 is 1.79 bits per heavy atom. The van der Waals surface area contributed by atoms with Gasteiger partial charge in [0, 0.05) is 11.4 Å². The van der Waals surface area contributed by atoms with E-state index in [9.17, 15) is 9.59 Å². The van der Waals surface area contributed by atoms with E-state index in [-0.39, 0.29) is 11.8 Å². The molecule has 0 aliphatic heterocycles. The molecule has 3 N–H and O–H groups in total. The highest BCUT2D eigenvalue weighted by Crippen LogP contribution is 2.20. The van der Waals surface area contributed by atoms with Gasteiger partial charge in [-0.3, -0.25) is 14.5 Å². The van der Waals surface area contributed by atoms with Crippen molar-refractivity contribution < 1.29 is 14.5 Å². The summed E-state index contributed by atoms with van der Waals surface area (Å²) in [7, 11) is 1.99. The number of likely N-dealkylation sites (N-methyl/N-ethyl adjacent to an activating group) is 1. The SMILES string of the molecule is CCC[NH+](CCCCN(C)CC(=O)Nc1c(C)cccc1C)CC(=O)Nc1c(C)cccc1C. The van der Waals surface area contributed by atoms with Crippen LogP contribution in [-0.4, -0.2) is 56.5 Å². The Balaban J connectivity index is 1.74. The van der Waals surface area contributed by atoms with Gasteiger partial charge in [0.25, 0.3) is 5.91 Å². The number of benzene rings is 2. The summed E-state index contributed by atoms with van der Waals surface area (Å²) in [6.07, 6.45) is 3.07. The number of hydrogen-bond acceptors (Lipinski definition) is 3. The first-order chi connectivity index (χ1) is 16.2. The van der Waals surface area contributed by atoms with Crippen molar-refractivity contribution >= 4 is 23.2 Å². The third-order valence-electron chi connectivity index (χ3n) is 6.24. The maximum absolute atomic E-state index is 12.7. The number of anilines is 2. The van der Waals surface area contributed by atoms with E-state index in [2.05, 4.69) is 22.5 Å². The van der Waals surface area contributed by atoms with Gasteiger partial charge in [0.1, 0.15) is 0 Å². The van der Waals surface area contributed by atoms with E-state index in [0.29, 0.717) is 13.1 Å². The zero-order chi connectivity index (χ0) is 25.1. The van der Waals surface area contributed by atoms with Crippen molar-refractivity contribution in [1.82, 2.24) is 4.90 Å². The van der Waals surface area contributed by atoms with Gasteiger partial charge in [-0.1, -0.05) is 43.3 Å². The topological polar surface area (TPSA) is 65.9 Å². The number of rotatable bonds is 13. The molecule has 6 nitrogen and oxygen atoms in total. The molecule has 0 fully saturated rings. The minimum atomic E-state index is 0.0151. The van der Waals surface area contributed by atoms with Crippen LogP contribution in [0.5, 0.6) is 0 Å². The predicted octanol–water partition coefficient (Wildman–Crippen LogP) is 3.50. The van der Waals surface area contributed by atoms with Crippen molar-refractivity contribution in [3.8, 4) is 0 Å². The van der Waals surface area contributed by atoms with Crippen molar-refractivity contribution in [3.05, 3.63) is 58.7 Å². The molecule has 0 heterocycles. The molecule has 2 aromatic carbocycles. The average Bonchev–Trinajstić information content (AvgIpc) is 2.76. The molecule has 2 amide bonds. The van der Waals surface area contributed by atoms with Crippen molar-refractivity contribution in [2.24, 2.45) is 0 Å². The number of quaternary nitrogens is 1. The Bertz CT molecular complexity index is 917. The first kappa shape index (κ1) is 27.5. The third-order valence-corrected chi connectivity index (χ3v) is 6.24. The first-order valence-corrected chi connectivity index (χ1v) is 12.5. The van der Waals surface area contributed by atoms with E-state index < -0.39 is 0 Å². The van der Waals surface area contributed by atoms with Crippen molar-refractivity contribution in [2.45, 2.75) is 53.9 Å². The monoisotopic (exact) mass is 467 g/mol. The molecule has 0 saturated carbocycles. The second kappa shape index (κ2) is 13.9. The molecule has 0 aliphatic carbocycles. The summed E-state index contributed by atoms with van der Waals surface area (Å²) in [5, 5.41) is 6.17. The maximum atomic E-state index is 12.7. The quantitative estimate of drug-likeness (QED) is 0.395. The highest BCUT2D eigenvalue weighted by Gasteiger charge is 2.16. The zero-order valence-electron chi connectivity index (χ0n) is 21.9. The number of para-hydroxylation sites is 2. The molecule has 0 aromatic heterocycles. The van der Waals surface area contributed by atoms with Gasteiger partial charge < -0.3 is 15.5 Å². The summed E-state index contributed by atoms with van der Waals surface area (Å²) >= 11 is 0. The van der Waals surface area contributed by atoms with Crippen LogP contribution in [0.1, 0.15) is 48.4 Å². The third kappa shape index (κ3) is 8.92. The van der Waals surface area contributed by atoms with E-state index in [0.717, 1.165) is 72.5 Å². The number of carbonyl (C=O) groups excluding carboxylic acids is 2. The molecule has 186 valence electrons. The number of aryl methyl sites for hydroxylation is 4. The lowest BCUT2D eigenvalue weighted by Crippen LogP contribution is -3.13. The Morgan fingerprint density at radius 1 is 0.794 bits per heavy atom. The molecule has 2 aromatic rings. The molecule has 0 spiro atoms. The molecule has 0 bridgehead atoms. The van der Waals surface area contributed by atoms with Crippen LogP contribution in [-0.2, 0) is 9.59 Å². The fraction of sp³-hybridized carbons (Fsp3) is 0.500. The predicted molar refractivity (Wildman–Crippen MR) is 142 cm³/mol. The van der Waals surface area contributed by atoms with E-state index in [1.807, 2.05) is 71.1 Å². The van der Waals surface area contributed by atoms with Crippen molar-refractivity contribution in [3.63, 3.8) is 0 Å². The Kier molecular flexibility index (Phi) is 11.2. The number of nitrogens with zero attached hydrogens (tertiary/aromatic N) is 1.